The molecule has 0 atom stereocenters. The molecule has 146 heavy (non-hydrogen) atoms. The molecule has 4 heteroatoms. The summed E-state index contributed by atoms with van der Waals surface area (Å²) in [5.41, 5.74) is 45.9. The molecule has 5 aliphatic carbocycles. The van der Waals surface area contributed by atoms with Crippen LogP contribution in [-0.2, 0) is 21.7 Å². The van der Waals surface area contributed by atoms with Crippen molar-refractivity contribution < 1.29 is 17.7 Å². The maximum atomic E-state index is 7.03. The van der Waals surface area contributed by atoms with E-state index in [0.29, 0.717) is 0 Å². The molecule has 4 nitrogen and oxygen atoms in total. The SMILES string of the molecule is CC1(C)c2ccccc2-c2c1ccc1oc3cc(-c4c5ccccc5c(-c5ccc6c(c5)oc5ccc7c(c56)-c5ccccc5C75c6ccccc6-c6ccccc65)c5ccccc45)ccc3c21.c1ccc(C2(c3ccccc3)c3ccccc3-c3c2ccc2oc4cc(-c5c6ccccc6c(-c6ccc7oc8ccc9c(c8c7c6)-c6ccccc6C9(c6ccccc6)c6ccccc6)c6ccccc56)ccc4c32)cc1. The van der Waals surface area contributed by atoms with Gasteiger partial charge < -0.3 is 17.7 Å². The monoisotopic (exact) mass is 1850 g/mol. The molecule has 0 fully saturated rings. The van der Waals surface area contributed by atoms with Gasteiger partial charge in [-0.1, -0.05) is 426 Å². The van der Waals surface area contributed by atoms with E-state index in [4.69, 9.17) is 17.7 Å². The van der Waals surface area contributed by atoms with Crippen molar-refractivity contribution in [2.75, 3.05) is 0 Å². The van der Waals surface area contributed by atoms with Gasteiger partial charge in [-0.05, 0) is 294 Å². The smallest absolute Gasteiger partial charge is 0.136 e. The van der Waals surface area contributed by atoms with Crippen molar-refractivity contribution in [3.63, 3.8) is 0 Å². The van der Waals surface area contributed by atoms with Crippen molar-refractivity contribution in [3.05, 3.63) is 563 Å². The van der Waals surface area contributed by atoms with Gasteiger partial charge in [-0.2, -0.15) is 0 Å². The lowest BCUT2D eigenvalue weighted by molar-refractivity contribution is 0.656. The quantitative estimate of drug-likeness (QED) is 0.142. The number of furan rings is 4. The van der Waals surface area contributed by atoms with Crippen LogP contribution in [0.2, 0.25) is 0 Å². The number of hydrogen-bond acceptors (Lipinski definition) is 4. The summed E-state index contributed by atoms with van der Waals surface area (Å²) in [7, 11) is 0. The second-order valence-electron chi connectivity index (χ2n) is 41.0. The zero-order valence-electron chi connectivity index (χ0n) is 79.8. The Hall–Kier alpha value is -18.5. The van der Waals surface area contributed by atoms with Crippen molar-refractivity contribution in [2.45, 2.75) is 35.5 Å². The van der Waals surface area contributed by atoms with Crippen LogP contribution < -0.4 is 0 Å². The molecule has 4 aromatic heterocycles. The van der Waals surface area contributed by atoms with E-state index in [0.717, 1.165) is 99.2 Å². The molecule has 0 N–H and O–H groups in total. The van der Waals surface area contributed by atoms with Crippen LogP contribution in [0.25, 0.3) is 231 Å². The fourth-order valence-electron chi connectivity index (χ4n) is 28.2. The van der Waals surface area contributed by atoms with Crippen molar-refractivity contribution in [1.29, 1.82) is 0 Å². The molecule has 24 aromatic carbocycles. The highest BCUT2D eigenvalue weighted by Gasteiger charge is 2.54. The lowest BCUT2D eigenvalue weighted by Gasteiger charge is -2.33. The lowest BCUT2D eigenvalue weighted by atomic mass is 9.67. The van der Waals surface area contributed by atoms with Crippen LogP contribution in [0.5, 0.6) is 0 Å². The summed E-state index contributed by atoms with van der Waals surface area (Å²) in [4.78, 5) is 0. The Morgan fingerprint density at radius 3 is 0.699 bits per heavy atom. The van der Waals surface area contributed by atoms with Crippen molar-refractivity contribution in [2.24, 2.45) is 0 Å². The van der Waals surface area contributed by atoms with Gasteiger partial charge in [0.15, 0.2) is 0 Å². The fourth-order valence-corrected chi connectivity index (χ4v) is 28.2. The van der Waals surface area contributed by atoms with Gasteiger partial charge in [0.1, 0.15) is 44.7 Å². The second kappa shape index (κ2) is 30.1. The molecule has 5 aliphatic rings. The van der Waals surface area contributed by atoms with Crippen LogP contribution in [0.4, 0.5) is 0 Å². The molecule has 0 radical (unpaired) electrons. The molecule has 28 aromatic rings. The number of hydrogen-bond donors (Lipinski definition) is 0. The summed E-state index contributed by atoms with van der Waals surface area (Å²) in [5.74, 6) is 0. The normalized spacial score (nSPS) is 14.2. The van der Waals surface area contributed by atoms with Crippen LogP contribution in [0.3, 0.4) is 0 Å². The molecule has 0 unspecified atom stereocenters. The van der Waals surface area contributed by atoms with Crippen LogP contribution >= 0.6 is 0 Å². The molecule has 0 amide bonds. The first-order valence-corrected chi connectivity index (χ1v) is 50.9. The third-order valence-electron chi connectivity index (χ3n) is 33.9. The molecular formula is C142H86O4. The lowest BCUT2D eigenvalue weighted by Crippen LogP contribution is -2.28. The summed E-state index contributed by atoms with van der Waals surface area (Å²) in [6.45, 7) is 4.68. The van der Waals surface area contributed by atoms with E-state index in [1.807, 2.05) is 0 Å². The highest BCUT2D eigenvalue weighted by atomic mass is 16.3. The van der Waals surface area contributed by atoms with E-state index in [2.05, 4.69) is 499 Å². The Morgan fingerprint density at radius 2 is 0.363 bits per heavy atom. The van der Waals surface area contributed by atoms with Crippen LogP contribution in [-0.4, -0.2) is 0 Å². The first-order chi connectivity index (χ1) is 72.2. The van der Waals surface area contributed by atoms with Crippen molar-refractivity contribution in [3.8, 4) is 100 Å². The van der Waals surface area contributed by atoms with E-state index in [1.54, 1.807) is 0 Å². The van der Waals surface area contributed by atoms with Gasteiger partial charge in [0, 0.05) is 48.5 Å². The van der Waals surface area contributed by atoms with Crippen LogP contribution in [0.1, 0.15) is 91.7 Å². The van der Waals surface area contributed by atoms with Crippen LogP contribution in [0.15, 0.2) is 503 Å². The minimum atomic E-state index is -0.514. The minimum absolute atomic E-state index is 0.0794. The summed E-state index contributed by atoms with van der Waals surface area (Å²) < 4.78 is 27.7. The zero-order chi connectivity index (χ0) is 95.7. The van der Waals surface area contributed by atoms with E-state index >= 15 is 0 Å². The van der Waals surface area contributed by atoms with Gasteiger partial charge >= 0.3 is 0 Å². The summed E-state index contributed by atoms with van der Waals surface area (Å²) in [6, 6.07) is 179. The molecule has 33 rings (SSSR count). The van der Waals surface area contributed by atoms with Crippen molar-refractivity contribution >= 4 is 131 Å². The topological polar surface area (TPSA) is 52.6 Å². The Balaban J connectivity index is 0.000000131. The van der Waals surface area contributed by atoms with E-state index in [9.17, 15) is 0 Å². The highest BCUT2D eigenvalue weighted by molar-refractivity contribution is 6.28. The molecular weight excluding hydrogens is 1770 g/mol. The predicted molar refractivity (Wildman–Crippen MR) is 602 cm³/mol. The minimum Gasteiger partial charge on any atom is -0.456 e. The standard InChI is InChI=1S/C76H46O2.C66H40O2/c1-5-21-49(22-6-1)75(50-23-7-2-8-24-50)61-35-19-17-33-57(61)71-63(75)40-43-66-73(71)59-39-37-48(46-68(59)78-66)70-55-31-15-13-29-53(55)69(54-30-14-16-32-56(54)70)47-38-42-65-60(45-47)74-67(77-65)44-41-64-72(74)58-34-18-20-36-62(58)76(64,51-25-9-3-10-26-51)52-27-11-4-12-28-52;1-65(2)49-23-11-9-21-45(49)61-53(65)31-33-55-63(61)47-29-27-37(35-57(47)67-55)59-41-17-3-5-19-43(41)60(44-20-6-4-18-42(44)59)38-28-30-48-58(36-38)68-56-34-32-54-62(64(48)56)46-22-10-14-26-52(46)66(54)50-24-12-7-15-39(50)40-16-8-13-25-51(40)66/h1-46H;3-36H,1-2H3. The molecule has 1 spiro atoms. The third kappa shape index (κ3) is 10.6. The molecule has 0 aliphatic heterocycles. The molecule has 0 saturated heterocycles. The first-order valence-electron chi connectivity index (χ1n) is 50.9. The first kappa shape index (κ1) is 81.2. The summed E-state index contributed by atoms with van der Waals surface area (Å²) in [6.07, 6.45) is 0. The van der Waals surface area contributed by atoms with E-state index < -0.39 is 16.2 Å². The molecule has 0 saturated carbocycles. The second-order valence-corrected chi connectivity index (χ2v) is 41.0. The average Bonchev–Trinajstić information content (AvgIpc) is 1.49. The van der Waals surface area contributed by atoms with Crippen molar-refractivity contribution in [1.82, 2.24) is 0 Å². The maximum absolute atomic E-state index is 7.03. The van der Waals surface area contributed by atoms with Gasteiger partial charge in [0.05, 0.1) is 16.2 Å². The van der Waals surface area contributed by atoms with E-state index in [1.165, 1.54) is 210 Å². The number of benzene rings is 24. The fraction of sp³-hybridized carbons (Fsp3) is 0.0423. The predicted octanol–water partition coefficient (Wildman–Crippen LogP) is 37.6. The van der Waals surface area contributed by atoms with Crippen LogP contribution in [0, 0.1) is 0 Å². The third-order valence-corrected chi connectivity index (χ3v) is 33.9. The Kier molecular flexibility index (Phi) is 16.7. The molecule has 0 bridgehead atoms. The van der Waals surface area contributed by atoms with Gasteiger partial charge in [-0.15, -0.1) is 0 Å². The summed E-state index contributed by atoms with van der Waals surface area (Å²) in [5, 5.41) is 18.8. The van der Waals surface area contributed by atoms with E-state index in [-0.39, 0.29) is 5.41 Å². The molecule has 4 heterocycles. The van der Waals surface area contributed by atoms with Gasteiger partial charge in [-0.3, -0.25) is 0 Å². The summed E-state index contributed by atoms with van der Waals surface area (Å²) >= 11 is 0. The largest absolute Gasteiger partial charge is 0.456 e. The number of rotatable bonds is 8. The number of fused-ring (bicyclic) bond motifs is 39. The highest BCUT2D eigenvalue weighted by Crippen LogP contribution is 2.67. The van der Waals surface area contributed by atoms with Gasteiger partial charge in [-0.25, -0.2) is 0 Å². The zero-order valence-corrected chi connectivity index (χ0v) is 79.8. The van der Waals surface area contributed by atoms with Gasteiger partial charge in [0.2, 0.25) is 0 Å². The Bertz CT molecular complexity index is 10300. The maximum Gasteiger partial charge on any atom is 0.136 e. The Morgan fingerprint density at radius 1 is 0.137 bits per heavy atom. The molecule has 678 valence electrons. The average molecular weight is 1860 g/mol. The van der Waals surface area contributed by atoms with Gasteiger partial charge in [0.25, 0.3) is 0 Å². The Labute approximate surface area is 841 Å².